The summed E-state index contributed by atoms with van der Waals surface area (Å²) in [6.45, 7) is 1.73. The highest BCUT2D eigenvalue weighted by Gasteiger charge is 2.32. The van der Waals surface area contributed by atoms with Gasteiger partial charge in [0.25, 0.3) is 10.1 Å². The summed E-state index contributed by atoms with van der Waals surface area (Å²) in [7, 11) is -3.88. The van der Waals surface area contributed by atoms with Crippen LogP contribution in [0.1, 0.15) is 18.4 Å². The van der Waals surface area contributed by atoms with Gasteiger partial charge < -0.3 is 5.11 Å². The predicted molar refractivity (Wildman–Crippen MR) is 76.7 cm³/mol. The van der Waals surface area contributed by atoms with Crippen molar-refractivity contribution in [2.45, 2.75) is 31.0 Å². The standard InChI is InChI=1S/C14H18FNO5S/c1-10-2-4-12(5-3-10)22(19,20)21-9-11-6-7-16(14(17)18)13(15)8-11/h2-5,11,13H,6-9H2,1H3,(H,17,18). The van der Waals surface area contributed by atoms with E-state index in [0.717, 1.165) is 5.56 Å². The Morgan fingerprint density at radius 3 is 2.59 bits per heavy atom. The van der Waals surface area contributed by atoms with Crippen LogP contribution in [0.3, 0.4) is 0 Å². The first-order chi connectivity index (χ1) is 10.3. The third kappa shape index (κ3) is 3.95. The largest absolute Gasteiger partial charge is 0.465 e. The van der Waals surface area contributed by atoms with Gasteiger partial charge in [-0.1, -0.05) is 17.7 Å². The maximum atomic E-state index is 13.7. The Balaban J connectivity index is 1.93. The van der Waals surface area contributed by atoms with Gasteiger partial charge in [-0.15, -0.1) is 0 Å². The molecule has 1 N–H and O–H groups in total. The molecule has 1 saturated heterocycles. The molecule has 1 amide bonds. The average Bonchev–Trinajstić information content (AvgIpc) is 2.45. The van der Waals surface area contributed by atoms with E-state index < -0.39 is 22.5 Å². The van der Waals surface area contributed by atoms with E-state index in [0.29, 0.717) is 11.3 Å². The smallest absolute Gasteiger partial charge is 0.409 e. The Morgan fingerprint density at radius 1 is 1.41 bits per heavy atom. The van der Waals surface area contributed by atoms with Gasteiger partial charge in [0.2, 0.25) is 0 Å². The highest BCUT2D eigenvalue weighted by atomic mass is 32.2. The molecule has 0 spiro atoms. The third-order valence-corrected chi connectivity index (χ3v) is 4.95. The molecule has 1 aromatic rings. The first kappa shape index (κ1) is 16.7. The minimum absolute atomic E-state index is 0.0368. The van der Waals surface area contributed by atoms with E-state index in [-0.39, 0.29) is 30.4 Å². The fourth-order valence-electron chi connectivity index (χ4n) is 2.31. The Kier molecular flexibility index (Phi) is 5.02. The van der Waals surface area contributed by atoms with Gasteiger partial charge in [0.05, 0.1) is 11.5 Å². The van der Waals surface area contributed by atoms with Gasteiger partial charge in [0.15, 0.2) is 6.30 Å². The topological polar surface area (TPSA) is 83.9 Å². The number of likely N-dealkylation sites (tertiary alicyclic amines) is 1. The quantitative estimate of drug-likeness (QED) is 0.676. The molecule has 0 saturated carbocycles. The number of rotatable bonds is 4. The summed E-state index contributed by atoms with van der Waals surface area (Å²) in [5.41, 5.74) is 0.931. The van der Waals surface area contributed by atoms with Crippen LogP contribution in [0.5, 0.6) is 0 Å². The van der Waals surface area contributed by atoms with Gasteiger partial charge in [-0.05, 0) is 31.4 Å². The zero-order valence-electron chi connectivity index (χ0n) is 12.1. The zero-order chi connectivity index (χ0) is 16.3. The first-order valence-electron chi connectivity index (χ1n) is 6.89. The van der Waals surface area contributed by atoms with Crippen LogP contribution in [0.2, 0.25) is 0 Å². The molecule has 1 heterocycles. The van der Waals surface area contributed by atoms with Crippen molar-refractivity contribution in [3.8, 4) is 0 Å². The summed E-state index contributed by atoms with van der Waals surface area (Å²) in [6.07, 6.45) is -2.62. The van der Waals surface area contributed by atoms with Crippen LogP contribution < -0.4 is 0 Å². The number of hydrogen-bond donors (Lipinski definition) is 1. The van der Waals surface area contributed by atoms with Crippen molar-refractivity contribution in [1.29, 1.82) is 0 Å². The number of piperidine rings is 1. The molecule has 0 aliphatic carbocycles. The lowest BCUT2D eigenvalue weighted by atomic mass is 9.97. The number of halogens is 1. The molecule has 122 valence electrons. The number of carbonyl (C=O) groups is 1. The molecule has 0 aromatic heterocycles. The number of nitrogens with zero attached hydrogens (tertiary/aromatic N) is 1. The lowest BCUT2D eigenvalue weighted by Gasteiger charge is -2.32. The second-order valence-electron chi connectivity index (χ2n) is 5.35. The number of carboxylic acid groups (broad SMARTS) is 1. The summed E-state index contributed by atoms with van der Waals surface area (Å²) >= 11 is 0. The molecule has 1 aliphatic rings. The summed E-state index contributed by atoms with van der Waals surface area (Å²) in [6, 6.07) is 6.24. The lowest BCUT2D eigenvalue weighted by molar-refractivity contribution is 0.0180. The zero-order valence-corrected chi connectivity index (χ0v) is 12.9. The van der Waals surface area contributed by atoms with E-state index in [1.165, 1.54) is 12.1 Å². The minimum Gasteiger partial charge on any atom is -0.465 e. The Morgan fingerprint density at radius 2 is 2.05 bits per heavy atom. The third-order valence-electron chi connectivity index (χ3n) is 3.66. The Labute approximate surface area is 128 Å². The fourth-order valence-corrected chi connectivity index (χ4v) is 3.28. The van der Waals surface area contributed by atoms with Gasteiger partial charge in [0.1, 0.15) is 0 Å². The van der Waals surface area contributed by atoms with Crippen LogP contribution in [0.25, 0.3) is 0 Å². The molecule has 0 bridgehead atoms. The lowest BCUT2D eigenvalue weighted by Crippen LogP contribution is -2.44. The molecular formula is C14H18FNO5S. The number of aryl methyl sites for hydroxylation is 1. The molecule has 6 nitrogen and oxygen atoms in total. The van der Waals surface area contributed by atoms with Crippen LogP contribution in [0.4, 0.5) is 9.18 Å². The maximum absolute atomic E-state index is 13.7. The van der Waals surface area contributed by atoms with E-state index in [4.69, 9.17) is 9.29 Å². The molecular weight excluding hydrogens is 313 g/mol. The monoisotopic (exact) mass is 331 g/mol. The van der Waals surface area contributed by atoms with Crippen LogP contribution in [0, 0.1) is 12.8 Å². The number of alkyl halides is 1. The molecule has 2 atom stereocenters. The van der Waals surface area contributed by atoms with Gasteiger partial charge in [0, 0.05) is 13.0 Å². The highest BCUT2D eigenvalue weighted by molar-refractivity contribution is 7.86. The minimum atomic E-state index is -3.88. The van der Waals surface area contributed by atoms with Gasteiger partial charge in [-0.2, -0.15) is 8.42 Å². The molecule has 8 heteroatoms. The molecule has 1 aromatic carbocycles. The molecule has 22 heavy (non-hydrogen) atoms. The summed E-state index contributed by atoms with van der Waals surface area (Å²) in [4.78, 5) is 11.5. The van der Waals surface area contributed by atoms with E-state index in [1.807, 2.05) is 6.92 Å². The number of hydrogen-bond acceptors (Lipinski definition) is 4. The summed E-state index contributed by atoms with van der Waals surface area (Å²) < 4.78 is 42.7. The van der Waals surface area contributed by atoms with Crippen LogP contribution in [-0.4, -0.2) is 44.0 Å². The number of amides is 1. The highest BCUT2D eigenvalue weighted by Crippen LogP contribution is 2.25. The fraction of sp³-hybridized carbons (Fsp3) is 0.500. The normalized spacial score (nSPS) is 22.5. The van der Waals surface area contributed by atoms with E-state index in [9.17, 15) is 17.6 Å². The van der Waals surface area contributed by atoms with Crippen molar-refractivity contribution in [1.82, 2.24) is 4.90 Å². The van der Waals surface area contributed by atoms with E-state index in [2.05, 4.69) is 0 Å². The van der Waals surface area contributed by atoms with Crippen molar-refractivity contribution in [2.24, 2.45) is 5.92 Å². The molecule has 1 fully saturated rings. The van der Waals surface area contributed by atoms with Gasteiger partial charge >= 0.3 is 6.09 Å². The van der Waals surface area contributed by atoms with Crippen molar-refractivity contribution < 1.29 is 26.9 Å². The van der Waals surface area contributed by atoms with Crippen molar-refractivity contribution in [3.05, 3.63) is 29.8 Å². The van der Waals surface area contributed by atoms with Crippen LogP contribution >= 0.6 is 0 Å². The predicted octanol–water partition coefficient (Wildman–Crippen LogP) is 2.39. The summed E-state index contributed by atoms with van der Waals surface area (Å²) in [5.74, 6) is -0.328. The SMILES string of the molecule is Cc1ccc(S(=O)(=O)OCC2CCN(C(=O)O)C(F)C2)cc1. The van der Waals surface area contributed by atoms with Crippen molar-refractivity contribution >= 4 is 16.2 Å². The second-order valence-corrected chi connectivity index (χ2v) is 6.97. The van der Waals surface area contributed by atoms with Gasteiger partial charge in [-0.25, -0.2) is 9.18 Å². The number of benzene rings is 1. The summed E-state index contributed by atoms with van der Waals surface area (Å²) in [5, 5.41) is 8.78. The Bertz CT molecular complexity index is 631. The molecule has 0 radical (unpaired) electrons. The first-order valence-corrected chi connectivity index (χ1v) is 8.30. The van der Waals surface area contributed by atoms with Gasteiger partial charge in [-0.3, -0.25) is 9.08 Å². The van der Waals surface area contributed by atoms with Crippen molar-refractivity contribution in [3.63, 3.8) is 0 Å². The molecule has 1 aliphatic heterocycles. The van der Waals surface area contributed by atoms with Crippen molar-refractivity contribution in [2.75, 3.05) is 13.2 Å². The van der Waals surface area contributed by atoms with Crippen LogP contribution in [0.15, 0.2) is 29.2 Å². The maximum Gasteiger partial charge on any atom is 0.409 e. The van der Waals surface area contributed by atoms with Crippen LogP contribution in [-0.2, 0) is 14.3 Å². The second kappa shape index (κ2) is 6.62. The Hall–Kier alpha value is -1.67. The molecule has 2 unspecified atom stereocenters. The molecule has 2 rings (SSSR count). The average molecular weight is 331 g/mol. The van der Waals surface area contributed by atoms with E-state index >= 15 is 0 Å². The van der Waals surface area contributed by atoms with E-state index in [1.54, 1.807) is 12.1 Å².